The van der Waals surface area contributed by atoms with Gasteiger partial charge in [-0.15, -0.1) is 0 Å². The van der Waals surface area contributed by atoms with Crippen LogP contribution in [-0.2, 0) is 6.42 Å². The fourth-order valence-electron chi connectivity index (χ4n) is 1.03. The first-order valence-electron chi connectivity index (χ1n) is 3.88. The van der Waals surface area contributed by atoms with Crippen molar-refractivity contribution >= 4 is 27.5 Å². The molecule has 3 heteroatoms. The minimum absolute atomic E-state index is 0.721. The number of halogens is 2. The maximum absolute atomic E-state index is 5.91. The van der Waals surface area contributed by atoms with Crippen molar-refractivity contribution in [2.24, 2.45) is 5.73 Å². The summed E-state index contributed by atoms with van der Waals surface area (Å²) in [7, 11) is 0. The Kier molecular flexibility index (Phi) is 4.06. The summed E-state index contributed by atoms with van der Waals surface area (Å²) in [4.78, 5) is 0. The van der Waals surface area contributed by atoms with Gasteiger partial charge in [-0.1, -0.05) is 23.7 Å². The number of benzene rings is 1. The van der Waals surface area contributed by atoms with E-state index in [4.69, 9.17) is 17.3 Å². The van der Waals surface area contributed by atoms with E-state index in [2.05, 4.69) is 22.0 Å². The molecule has 1 nitrogen and oxygen atoms in total. The zero-order valence-electron chi connectivity index (χ0n) is 6.69. The third kappa shape index (κ3) is 2.47. The van der Waals surface area contributed by atoms with Crippen LogP contribution in [0.5, 0.6) is 0 Å². The molecule has 1 rings (SSSR count). The molecule has 0 aromatic heterocycles. The molecule has 1 aromatic carbocycles. The Balaban J connectivity index is 2.78. The third-order valence-electron chi connectivity index (χ3n) is 1.68. The zero-order chi connectivity index (χ0) is 8.97. The number of rotatable bonds is 3. The molecule has 0 fully saturated rings. The molecule has 0 saturated carbocycles. The van der Waals surface area contributed by atoms with Crippen LogP contribution in [0.4, 0.5) is 0 Å². The molecule has 0 radical (unpaired) electrons. The zero-order valence-corrected chi connectivity index (χ0v) is 9.03. The van der Waals surface area contributed by atoms with Crippen LogP contribution in [0.3, 0.4) is 0 Å². The Hall–Kier alpha value is -0.0500. The van der Waals surface area contributed by atoms with Crippen molar-refractivity contribution in [1.82, 2.24) is 0 Å². The lowest BCUT2D eigenvalue weighted by atomic mass is 10.1. The molecule has 0 bridgehead atoms. The Bertz CT molecular complexity index is 263. The highest BCUT2D eigenvalue weighted by Gasteiger charge is 2.01. The summed E-state index contributed by atoms with van der Waals surface area (Å²) in [5, 5.41) is 0.768. The van der Waals surface area contributed by atoms with Crippen LogP contribution < -0.4 is 5.73 Å². The van der Waals surface area contributed by atoms with Crippen LogP contribution in [0.15, 0.2) is 22.7 Å². The molecular formula is C9H11BrClN. The van der Waals surface area contributed by atoms with Crippen molar-refractivity contribution < 1.29 is 0 Å². The van der Waals surface area contributed by atoms with Gasteiger partial charge < -0.3 is 5.73 Å². The molecule has 0 aliphatic rings. The molecule has 66 valence electrons. The minimum atomic E-state index is 0.721. The van der Waals surface area contributed by atoms with Crippen LogP contribution in [0.2, 0.25) is 5.02 Å². The van der Waals surface area contributed by atoms with E-state index in [1.807, 2.05) is 12.1 Å². The van der Waals surface area contributed by atoms with Gasteiger partial charge in [0.2, 0.25) is 0 Å². The SMILES string of the molecule is NCCCc1cccc(Cl)c1Br. The van der Waals surface area contributed by atoms with Crippen LogP contribution in [0.25, 0.3) is 0 Å². The van der Waals surface area contributed by atoms with E-state index in [0.29, 0.717) is 0 Å². The molecule has 0 unspecified atom stereocenters. The Labute approximate surface area is 86.0 Å². The Morgan fingerprint density at radius 1 is 1.42 bits per heavy atom. The first-order valence-corrected chi connectivity index (χ1v) is 5.05. The second kappa shape index (κ2) is 4.85. The normalized spacial score (nSPS) is 10.2. The summed E-state index contributed by atoms with van der Waals surface area (Å²) < 4.78 is 1.00. The summed E-state index contributed by atoms with van der Waals surface area (Å²) in [6, 6.07) is 5.89. The predicted molar refractivity (Wildman–Crippen MR) is 56.5 cm³/mol. The van der Waals surface area contributed by atoms with Crippen molar-refractivity contribution in [1.29, 1.82) is 0 Å². The summed E-state index contributed by atoms with van der Waals surface area (Å²) in [5.74, 6) is 0. The highest BCUT2D eigenvalue weighted by atomic mass is 79.9. The number of hydrogen-bond acceptors (Lipinski definition) is 1. The number of aryl methyl sites for hydroxylation is 1. The van der Waals surface area contributed by atoms with Gasteiger partial charge in [-0.25, -0.2) is 0 Å². The van der Waals surface area contributed by atoms with Gasteiger partial charge in [0.05, 0.1) is 5.02 Å². The average Bonchev–Trinajstić information content (AvgIpc) is 2.08. The number of nitrogens with two attached hydrogens (primary N) is 1. The minimum Gasteiger partial charge on any atom is -0.330 e. The molecule has 0 amide bonds. The Morgan fingerprint density at radius 3 is 2.83 bits per heavy atom. The molecule has 0 aliphatic heterocycles. The fraction of sp³-hybridized carbons (Fsp3) is 0.333. The lowest BCUT2D eigenvalue weighted by Crippen LogP contribution is -2.00. The lowest BCUT2D eigenvalue weighted by Gasteiger charge is -2.04. The first-order chi connectivity index (χ1) is 5.75. The molecule has 0 atom stereocenters. The maximum Gasteiger partial charge on any atom is 0.0550 e. The summed E-state index contributed by atoms with van der Waals surface area (Å²) in [6.07, 6.45) is 1.98. The van der Waals surface area contributed by atoms with Crippen LogP contribution in [0, 0.1) is 0 Å². The molecule has 0 saturated heterocycles. The van der Waals surface area contributed by atoms with Crippen molar-refractivity contribution in [2.75, 3.05) is 6.54 Å². The van der Waals surface area contributed by atoms with Gasteiger partial charge >= 0.3 is 0 Å². The van der Waals surface area contributed by atoms with Crippen molar-refractivity contribution in [3.8, 4) is 0 Å². The highest BCUT2D eigenvalue weighted by Crippen LogP contribution is 2.26. The average molecular weight is 249 g/mol. The molecular weight excluding hydrogens is 237 g/mol. The van der Waals surface area contributed by atoms with E-state index in [9.17, 15) is 0 Å². The molecule has 12 heavy (non-hydrogen) atoms. The largest absolute Gasteiger partial charge is 0.330 e. The third-order valence-corrected chi connectivity index (χ3v) is 3.16. The van der Waals surface area contributed by atoms with Crippen LogP contribution >= 0.6 is 27.5 Å². The van der Waals surface area contributed by atoms with Crippen LogP contribution in [0.1, 0.15) is 12.0 Å². The second-order valence-corrected chi connectivity index (χ2v) is 3.81. The summed E-state index contributed by atoms with van der Waals surface area (Å²) in [6.45, 7) is 0.721. The molecule has 2 N–H and O–H groups in total. The quantitative estimate of drug-likeness (QED) is 0.874. The van der Waals surface area contributed by atoms with Gasteiger partial charge in [-0.05, 0) is 46.9 Å². The molecule has 0 spiro atoms. The van der Waals surface area contributed by atoms with Gasteiger partial charge in [0, 0.05) is 4.47 Å². The van der Waals surface area contributed by atoms with E-state index in [1.165, 1.54) is 5.56 Å². The van der Waals surface area contributed by atoms with E-state index in [0.717, 1.165) is 28.9 Å². The number of hydrogen-bond donors (Lipinski definition) is 1. The van der Waals surface area contributed by atoms with Crippen molar-refractivity contribution in [2.45, 2.75) is 12.8 Å². The van der Waals surface area contributed by atoms with Gasteiger partial charge in [0.1, 0.15) is 0 Å². The van der Waals surface area contributed by atoms with Gasteiger partial charge in [0.15, 0.2) is 0 Å². The van der Waals surface area contributed by atoms with Crippen LogP contribution in [-0.4, -0.2) is 6.54 Å². The van der Waals surface area contributed by atoms with E-state index in [-0.39, 0.29) is 0 Å². The van der Waals surface area contributed by atoms with E-state index >= 15 is 0 Å². The first kappa shape index (κ1) is 10.0. The molecule has 1 aromatic rings. The standard InChI is InChI=1S/C9H11BrClN/c10-9-7(4-2-6-12)3-1-5-8(9)11/h1,3,5H,2,4,6,12H2. The monoisotopic (exact) mass is 247 g/mol. The second-order valence-electron chi connectivity index (χ2n) is 2.61. The highest BCUT2D eigenvalue weighted by molar-refractivity contribution is 9.10. The van der Waals surface area contributed by atoms with E-state index in [1.54, 1.807) is 0 Å². The van der Waals surface area contributed by atoms with Gasteiger partial charge in [0.25, 0.3) is 0 Å². The maximum atomic E-state index is 5.91. The predicted octanol–water partition coefficient (Wildman–Crippen LogP) is 2.99. The van der Waals surface area contributed by atoms with Crippen molar-refractivity contribution in [3.05, 3.63) is 33.3 Å². The van der Waals surface area contributed by atoms with Gasteiger partial charge in [-0.2, -0.15) is 0 Å². The van der Waals surface area contributed by atoms with Crippen molar-refractivity contribution in [3.63, 3.8) is 0 Å². The summed E-state index contributed by atoms with van der Waals surface area (Å²) >= 11 is 9.35. The molecule has 0 aliphatic carbocycles. The molecule has 0 heterocycles. The Morgan fingerprint density at radius 2 is 2.17 bits per heavy atom. The smallest absolute Gasteiger partial charge is 0.0550 e. The summed E-state index contributed by atoms with van der Waals surface area (Å²) in [5.41, 5.74) is 6.65. The lowest BCUT2D eigenvalue weighted by molar-refractivity contribution is 0.830. The van der Waals surface area contributed by atoms with E-state index < -0.39 is 0 Å². The van der Waals surface area contributed by atoms with Gasteiger partial charge in [-0.3, -0.25) is 0 Å². The topological polar surface area (TPSA) is 26.0 Å². The fourth-order valence-corrected chi connectivity index (χ4v) is 1.69.